The lowest BCUT2D eigenvalue weighted by Crippen LogP contribution is -1.99. The lowest BCUT2D eigenvalue weighted by Gasteiger charge is -2.10. The molecule has 80 valence electrons. The number of nitrogens with zero attached hydrogens (tertiary/aromatic N) is 1. The first-order valence-electron chi connectivity index (χ1n) is 5.14. The second-order valence-corrected chi connectivity index (χ2v) is 3.29. The largest absolute Gasteiger partial charge is 0.228 e. The SMILES string of the molecule is C=CCc1c(/C(=C\C)CC)ccnc1F. The van der Waals surface area contributed by atoms with Crippen LogP contribution in [0.3, 0.4) is 0 Å². The summed E-state index contributed by atoms with van der Waals surface area (Å²) in [5, 5.41) is 0. The number of rotatable bonds is 4. The molecule has 0 aromatic carbocycles. The lowest BCUT2D eigenvalue weighted by molar-refractivity contribution is 0.570. The van der Waals surface area contributed by atoms with E-state index in [1.54, 1.807) is 6.08 Å². The van der Waals surface area contributed by atoms with Crippen LogP contribution in [0.1, 0.15) is 31.4 Å². The van der Waals surface area contributed by atoms with E-state index in [-0.39, 0.29) is 5.95 Å². The fourth-order valence-corrected chi connectivity index (χ4v) is 1.66. The van der Waals surface area contributed by atoms with Crippen molar-refractivity contribution >= 4 is 5.57 Å². The van der Waals surface area contributed by atoms with Gasteiger partial charge in [-0.05, 0) is 37.0 Å². The first-order chi connectivity index (χ1) is 7.24. The molecule has 0 unspecified atom stereocenters. The van der Waals surface area contributed by atoms with Gasteiger partial charge >= 0.3 is 0 Å². The predicted octanol–water partition coefficient (Wildman–Crippen LogP) is 3.76. The second-order valence-electron chi connectivity index (χ2n) is 3.29. The van der Waals surface area contributed by atoms with E-state index in [4.69, 9.17) is 0 Å². The predicted molar refractivity (Wildman–Crippen MR) is 62.0 cm³/mol. The molecule has 1 heterocycles. The third kappa shape index (κ3) is 2.52. The van der Waals surface area contributed by atoms with Gasteiger partial charge in [-0.1, -0.05) is 19.1 Å². The monoisotopic (exact) mass is 205 g/mol. The maximum Gasteiger partial charge on any atom is 0.216 e. The van der Waals surface area contributed by atoms with Gasteiger partial charge in [-0.15, -0.1) is 6.58 Å². The van der Waals surface area contributed by atoms with Crippen LogP contribution < -0.4 is 0 Å². The number of aromatic nitrogens is 1. The number of hydrogen-bond acceptors (Lipinski definition) is 1. The fraction of sp³-hybridized carbons (Fsp3) is 0.308. The first kappa shape index (κ1) is 11.6. The van der Waals surface area contributed by atoms with Gasteiger partial charge < -0.3 is 0 Å². The molecule has 0 aliphatic carbocycles. The molecule has 1 aromatic heterocycles. The van der Waals surface area contributed by atoms with Gasteiger partial charge in [0.25, 0.3) is 0 Å². The summed E-state index contributed by atoms with van der Waals surface area (Å²) in [4.78, 5) is 3.67. The van der Waals surface area contributed by atoms with Gasteiger partial charge in [-0.2, -0.15) is 4.39 Å². The van der Waals surface area contributed by atoms with Crippen molar-refractivity contribution in [3.63, 3.8) is 0 Å². The Morgan fingerprint density at radius 3 is 2.87 bits per heavy atom. The normalized spacial score (nSPS) is 11.5. The highest BCUT2D eigenvalue weighted by molar-refractivity contribution is 5.67. The highest BCUT2D eigenvalue weighted by atomic mass is 19.1. The Hall–Kier alpha value is -1.44. The molecule has 0 atom stereocenters. The Bertz CT molecular complexity index is 380. The van der Waals surface area contributed by atoms with Crippen LogP contribution in [0.15, 0.2) is 31.0 Å². The van der Waals surface area contributed by atoms with E-state index in [9.17, 15) is 4.39 Å². The molecule has 1 rings (SSSR count). The minimum absolute atomic E-state index is 0.389. The maximum absolute atomic E-state index is 13.5. The third-order valence-electron chi connectivity index (χ3n) is 2.43. The number of pyridine rings is 1. The molecule has 2 heteroatoms. The number of allylic oxidation sites excluding steroid dienone is 3. The average Bonchev–Trinajstić information content (AvgIpc) is 2.24. The van der Waals surface area contributed by atoms with Crippen LogP contribution >= 0.6 is 0 Å². The standard InChI is InChI=1S/C13H16FN/c1-4-7-12-11(10(5-2)6-3)8-9-15-13(12)14/h4-5,8-9H,1,6-7H2,2-3H3/b10-5-. The molecule has 1 aromatic rings. The van der Waals surface area contributed by atoms with E-state index in [0.29, 0.717) is 12.0 Å². The molecular weight excluding hydrogens is 189 g/mol. The van der Waals surface area contributed by atoms with Gasteiger partial charge in [0.1, 0.15) is 0 Å². The highest BCUT2D eigenvalue weighted by Gasteiger charge is 2.10. The molecule has 0 spiro atoms. The molecule has 0 aliphatic heterocycles. The van der Waals surface area contributed by atoms with Gasteiger partial charge in [0.05, 0.1) is 0 Å². The molecule has 0 radical (unpaired) electrons. The summed E-state index contributed by atoms with van der Waals surface area (Å²) >= 11 is 0. The molecule has 0 amide bonds. The molecule has 0 bridgehead atoms. The van der Waals surface area contributed by atoms with Gasteiger partial charge in [-0.25, -0.2) is 4.98 Å². The van der Waals surface area contributed by atoms with Crippen LogP contribution in [0.4, 0.5) is 4.39 Å². The zero-order valence-corrected chi connectivity index (χ0v) is 9.26. The average molecular weight is 205 g/mol. The van der Waals surface area contributed by atoms with E-state index >= 15 is 0 Å². The van der Waals surface area contributed by atoms with Crippen LogP contribution in [0.25, 0.3) is 5.57 Å². The molecule has 1 nitrogen and oxygen atoms in total. The van der Waals surface area contributed by atoms with E-state index < -0.39 is 0 Å². The maximum atomic E-state index is 13.5. The van der Waals surface area contributed by atoms with Crippen LogP contribution in [0.2, 0.25) is 0 Å². The van der Waals surface area contributed by atoms with Crippen LogP contribution in [0, 0.1) is 5.95 Å². The lowest BCUT2D eigenvalue weighted by atomic mass is 9.97. The summed E-state index contributed by atoms with van der Waals surface area (Å²) in [6, 6.07) is 1.86. The van der Waals surface area contributed by atoms with Crippen molar-refractivity contribution < 1.29 is 4.39 Å². The number of halogens is 1. The molecular formula is C13H16FN. The number of hydrogen-bond donors (Lipinski definition) is 0. The summed E-state index contributed by atoms with van der Waals surface area (Å²) < 4.78 is 13.5. The molecule has 0 aliphatic rings. The smallest absolute Gasteiger partial charge is 0.216 e. The minimum atomic E-state index is -0.389. The van der Waals surface area contributed by atoms with Crippen LogP contribution in [-0.4, -0.2) is 4.98 Å². The van der Waals surface area contributed by atoms with Crippen molar-refractivity contribution in [2.45, 2.75) is 26.7 Å². The second kappa shape index (κ2) is 5.44. The topological polar surface area (TPSA) is 12.9 Å². The van der Waals surface area contributed by atoms with Crippen molar-refractivity contribution in [3.8, 4) is 0 Å². The third-order valence-corrected chi connectivity index (χ3v) is 2.43. The van der Waals surface area contributed by atoms with E-state index in [0.717, 1.165) is 17.6 Å². The minimum Gasteiger partial charge on any atom is -0.228 e. The zero-order chi connectivity index (χ0) is 11.3. The van der Waals surface area contributed by atoms with Gasteiger partial charge in [-0.3, -0.25) is 0 Å². The van der Waals surface area contributed by atoms with Crippen LogP contribution in [-0.2, 0) is 6.42 Å². The Morgan fingerprint density at radius 1 is 1.60 bits per heavy atom. The quantitative estimate of drug-likeness (QED) is 0.538. The van der Waals surface area contributed by atoms with E-state index in [2.05, 4.69) is 18.5 Å². The molecule has 15 heavy (non-hydrogen) atoms. The molecule has 0 fully saturated rings. The molecule has 0 saturated heterocycles. The Balaban J connectivity index is 3.27. The van der Waals surface area contributed by atoms with Gasteiger partial charge in [0.15, 0.2) is 0 Å². The summed E-state index contributed by atoms with van der Waals surface area (Å²) in [5.41, 5.74) is 2.74. The van der Waals surface area contributed by atoms with Crippen molar-refractivity contribution in [2.75, 3.05) is 0 Å². The molecule has 0 saturated carbocycles. The van der Waals surface area contributed by atoms with Crippen LogP contribution in [0.5, 0.6) is 0 Å². The van der Waals surface area contributed by atoms with E-state index in [1.165, 1.54) is 6.20 Å². The Morgan fingerprint density at radius 2 is 2.33 bits per heavy atom. The van der Waals surface area contributed by atoms with Gasteiger partial charge in [0.2, 0.25) is 5.95 Å². The summed E-state index contributed by atoms with van der Waals surface area (Å²) in [7, 11) is 0. The Kier molecular flexibility index (Phi) is 4.22. The fourth-order valence-electron chi connectivity index (χ4n) is 1.66. The summed E-state index contributed by atoms with van der Waals surface area (Å²) in [6.07, 6.45) is 6.64. The van der Waals surface area contributed by atoms with Crippen molar-refractivity contribution in [1.29, 1.82) is 0 Å². The van der Waals surface area contributed by atoms with E-state index in [1.807, 2.05) is 19.1 Å². The van der Waals surface area contributed by atoms with Gasteiger partial charge in [0, 0.05) is 11.8 Å². The van der Waals surface area contributed by atoms with Crippen molar-refractivity contribution in [1.82, 2.24) is 4.98 Å². The summed E-state index contributed by atoms with van der Waals surface area (Å²) in [6.45, 7) is 7.66. The first-order valence-corrected chi connectivity index (χ1v) is 5.14. The molecule has 0 N–H and O–H groups in total. The Labute approximate surface area is 90.4 Å². The van der Waals surface area contributed by atoms with Crippen molar-refractivity contribution in [2.24, 2.45) is 0 Å². The highest BCUT2D eigenvalue weighted by Crippen LogP contribution is 2.23. The zero-order valence-electron chi connectivity index (χ0n) is 9.26. The van der Waals surface area contributed by atoms with Crippen molar-refractivity contribution in [3.05, 3.63) is 48.1 Å². The summed E-state index contributed by atoms with van der Waals surface area (Å²) in [5.74, 6) is -0.389.